The number of hydrogen-bond donors (Lipinski definition) is 0. The van der Waals surface area contributed by atoms with Crippen LogP contribution in [-0.4, -0.2) is 36.5 Å². The molecule has 28 heavy (non-hydrogen) atoms. The van der Waals surface area contributed by atoms with Crippen molar-refractivity contribution in [3.63, 3.8) is 0 Å². The second-order valence-corrected chi connectivity index (χ2v) is 6.85. The van der Waals surface area contributed by atoms with Gasteiger partial charge in [0.25, 0.3) is 5.56 Å². The first-order valence-electron chi connectivity index (χ1n) is 9.37. The lowest BCUT2D eigenvalue weighted by atomic mass is 9.99. The van der Waals surface area contributed by atoms with Crippen LogP contribution in [0.15, 0.2) is 41.2 Å². The molecule has 0 radical (unpaired) electrons. The van der Waals surface area contributed by atoms with Crippen LogP contribution in [0.2, 0.25) is 0 Å². The van der Waals surface area contributed by atoms with Crippen molar-refractivity contribution in [1.82, 2.24) is 4.57 Å². The smallest absolute Gasteiger partial charge is 0.330 e. The summed E-state index contributed by atoms with van der Waals surface area (Å²) >= 11 is 0. The fourth-order valence-electron chi connectivity index (χ4n) is 3.37. The van der Waals surface area contributed by atoms with Crippen LogP contribution in [0.4, 0.5) is 5.82 Å². The van der Waals surface area contributed by atoms with Crippen LogP contribution in [0.1, 0.15) is 40.4 Å². The van der Waals surface area contributed by atoms with Gasteiger partial charge in [0.2, 0.25) is 0 Å². The molecule has 0 saturated heterocycles. The highest BCUT2D eigenvalue weighted by molar-refractivity contribution is 6.12. The summed E-state index contributed by atoms with van der Waals surface area (Å²) in [5.74, 6) is -0.0495. The van der Waals surface area contributed by atoms with Crippen molar-refractivity contribution in [2.45, 2.75) is 26.8 Å². The molecule has 146 valence electrons. The molecule has 6 heteroatoms. The Morgan fingerprint density at radius 3 is 2.57 bits per heavy atom. The first-order valence-corrected chi connectivity index (χ1v) is 9.37. The minimum Gasteiger partial charge on any atom is -0.463 e. The molecular formula is C22H24N2O4. The molecular weight excluding hydrogens is 356 g/mol. The molecule has 0 amide bonds. The normalized spacial score (nSPS) is 13.5. The Hall–Kier alpha value is -3.15. The highest BCUT2D eigenvalue weighted by Crippen LogP contribution is 2.26. The van der Waals surface area contributed by atoms with Crippen molar-refractivity contribution in [2.75, 3.05) is 25.1 Å². The van der Waals surface area contributed by atoms with Gasteiger partial charge in [-0.2, -0.15) is 0 Å². The molecule has 1 aromatic carbocycles. The summed E-state index contributed by atoms with van der Waals surface area (Å²) < 4.78 is 6.50. The second-order valence-electron chi connectivity index (χ2n) is 6.85. The van der Waals surface area contributed by atoms with E-state index in [1.807, 2.05) is 31.0 Å². The summed E-state index contributed by atoms with van der Waals surface area (Å²) in [6.45, 7) is 5.24. The number of carbonyl (C=O) groups excluding carboxylic acids is 2. The lowest BCUT2D eigenvalue weighted by Gasteiger charge is -2.31. The van der Waals surface area contributed by atoms with Crippen molar-refractivity contribution in [2.24, 2.45) is 0 Å². The van der Waals surface area contributed by atoms with Crippen LogP contribution in [0.3, 0.4) is 0 Å². The molecule has 1 aromatic heterocycles. The first kappa shape index (κ1) is 19.6. The number of benzene rings is 1. The number of aryl methyl sites for hydroxylation is 1. The van der Waals surface area contributed by atoms with E-state index in [0.717, 1.165) is 18.5 Å². The maximum Gasteiger partial charge on any atom is 0.330 e. The molecule has 0 saturated carbocycles. The maximum absolute atomic E-state index is 13.2. The van der Waals surface area contributed by atoms with Crippen molar-refractivity contribution < 1.29 is 14.3 Å². The Labute approximate surface area is 164 Å². The monoisotopic (exact) mass is 380 g/mol. The van der Waals surface area contributed by atoms with Crippen molar-refractivity contribution in [3.05, 3.63) is 69.0 Å². The first-order chi connectivity index (χ1) is 13.4. The van der Waals surface area contributed by atoms with Crippen molar-refractivity contribution in [3.8, 4) is 0 Å². The third-order valence-corrected chi connectivity index (χ3v) is 4.77. The lowest BCUT2D eigenvalue weighted by Crippen LogP contribution is -2.37. The van der Waals surface area contributed by atoms with E-state index in [1.165, 1.54) is 12.2 Å². The zero-order chi connectivity index (χ0) is 20.3. The molecule has 0 N–H and O–H groups in total. The van der Waals surface area contributed by atoms with Crippen molar-refractivity contribution in [1.29, 1.82) is 0 Å². The standard InChI is InChI=1S/C22H24N2O4/c1-4-28-19(25)11-10-17-14-18(20(26)16-8-6-15(2)7-9-16)21-23(3)12-5-13-24(21)22(17)27/h6-11,14H,4-5,12-13H2,1-3H3/b11-10+. The van der Waals surface area contributed by atoms with Gasteiger partial charge in [-0.3, -0.25) is 14.2 Å². The van der Waals surface area contributed by atoms with Crippen LogP contribution in [0.25, 0.3) is 6.08 Å². The van der Waals surface area contributed by atoms with Gasteiger partial charge in [0.1, 0.15) is 5.82 Å². The van der Waals surface area contributed by atoms with E-state index in [9.17, 15) is 14.4 Å². The number of hydrogen-bond acceptors (Lipinski definition) is 5. The van der Waals surface area contributed by atoms with Gasteiger partial charge in [0.15, 0.2) is 5.78 Å². The number of ketones is 1. The van der Waals surface area contributed by atoms with Gasteiger partial charge in [-0.05, 0) is 32.4 Å². The summed E-state index contributed by atoms with van der Waals surface area (Å²) in [4.78, 5) is 39.7. The number of anilines is 1. The number of esters is 1. The molecule has 0 spiro atoms. The van der Waals surface area contributed by atoms with Gasteiger partial charge in [-0.1, -0.05) is 29.8 Å². The largest absolute Gasteiger partial charge is 0.463 e. The van der Waals surface area contributed by atoms with Gasteiger partial charge in [0.05, 0.1) is 12.2 Å². The molecule has 0 unspecified atom stereocenters. The molecule has 6 nitrogen and oxygen atoms in total. The zero-order valence-electron chi connectivity index (χ0n) is 16.4. The van der Waals surface area contributed by atoms with Gasteiger partial charge in [-0.15, -0.1) is 0 Å². The number of fused-ring (bicyclic) bond motifs is 1. The van der Waals surface area contributed by atoms with Gasteiger partial charge >= 0.3 is 5.97 Å². The van der Waals surface area contributed by atoms with E-state index in [0.29, 0.717) is 29.1 Å². The molecule has 0 aliphatic carbocycles. The van der Waals surface area contributed by atoms with E-state index < -0.39 is 5.97 Å². The Balaban J connectivity index is 2.13. The van der Waals surface area contributed by atoms with E-state index in [2.05, 4.69) is 0 Å². The average Bonchev–Trinajstić information content (AvgIpc) is 2.68. The van der Waals surface area contributed by atoms with Gasteiger partial charge in [-0.25, -0.2) is 4.79 Å². The fourth-order valence-corrected chi connectivity index (χ4v) is 3.37. The summed E-state index contributed by atoms with van der Waals surface area (Å²) in [6.07, 6.45) is 3.46. The third kappa shape index (κ3) is 3.91. The number of pyridine rings is 1. The fraction of sp³-hybridized carbons (Fsp3) is 0.318. The molecule has 0 bridgehead atoms. The average molecular weight is 380 g/mol. The molecule has 0 atom stereocenters. The SMILES string of the molecule is CCOC(=O)/C=C/c1cc(C(=O)c2ccc(C)cc2)c2n(c1=O)CCCN2C. The summed E-state index contributed by atoms with van der Waals surface area (Å²) in [7, 11) is 1.88. The van der Waals surface area contributed by atoms with E-state index in [4.69, 9.17) is 4.74 Å². The summed E-state index contributed by atoms with van der Waals surface area (Å²) in [6, 6.07) is 8.93. The number of rotatable bonds is 5. The predicted octanol–water partition coefficient (Wildman–Crippen LogP) is 2.80. The Morgan fingerprint density at radius 2 is 1.89 bits per heavy atom. The summed E-state index contributed by atoms with van der Waals surface area (Å²) in [5.41, 5.74) is 2.16. The van der Waals surface area contributed by atoms with Gasteiger partial charge in [0, 0.05) is 37.3 Å². The number of carbonyl (C=O) groups is 2. The number of ether oxygens (including phenoxy) is 1. The number of aromatic nitrogens is 1. The Kier molecular flexibility index (Phi) is 5.78. The van der Waals surface area contributed by atoms with Crippen molar-refractivity contribution >= 4 is 23.6 Å². The molecule has 1 aliphatic heterocycles. The zero-order valence-corrected chi connectivity index (χ0v) is 16.4. The maximum atomic E-state index is 13.2. The second kappa shape index (κ2) is 8.25. The summed E-state index contributed by atoms with van der Waals surface area (Å²) in [5, 5.41) is 0. The van der Waals surface area contributed by atoms with E-state index in [1.54, 1.807) is 29.7 Å². The highest BCUT2D eigenvalue weighted by atomic mass is 16.5. The third-order valence-electron chi connectivity index (χ3n) is 4.77. The quantitative estimate of drug-likeness (QED) is 0.453. The topological polar surface area (TPSA) is 68.6 Å². The lowest BCUT2D eigenvalue weighted by molar-refractivity contribution is -0.137. The minimum atomic E-state index is -0.520. The molecule has 1 aliphatic rings. The molecule has 0 fully saturated rings. The number of nitrogens with zero attached hydrogens (tertiary/aromatic N) is 2. The highest BCUT2D eigenvalue weighted by Gasteiger charge is 2.25. The molecule has 3 rings (SSSR count). The van der Waals surface area contributed by atoms with Gasteiger partial charge < -0.3 is 9.64 Å². The van der Waals surface area contributed by atoms with E-state index >= 15 is 0 Å². The van der Waals surface area contributed by atoms with Crippen LogP contribution in [-0.2, 0) is 16.1 Å². The molecule has 2 aromatic rings. The van der Waals surface area contributed by atoms with Crippen LogP contribution < -0.4 is 10.5 Å². The Bertz CT molecular complexity index is 987. The van der Waals surface area contributed by atoms with E-state index in [-0.39, 0.29) is 17.9 Å². The Morgan fingerprint density at radius 1 is 1.18 bits per heavy atom. The van der Waals surface area contributed by atoms with Crippen LogP contribution >= 0.6 is 0 Å². The van der Waals surface area contributed by atoms with Crippen LogP contribution in [0.5, 0.6) is 0 Å². The van der Waals surface area contributed by atoms with Crippen LogP contribution in [0, 0.1) is 6.92 Å². The predicted molar refractivity (Wildman–Crippen MR) is 109 cm³/mol. The molecule has 2 heterocycles. The minimum absolute atomic E-state index is 0.150.